The van der Waals surface area contributed by atoms with Gasteiger partial charge in [-0.05, 0) is 24.8 Å². The number of hydrogen-bond donors (Lipinski definition) is 2. The van der Waals surface area contributed by atoms with Crippen LogP contribution in [0.2, 0.25) is 0 Å². The summed E-state index contributed by atoms with van der Waals surface area (Å²) in [4.78, 5) is 5.74. The zero-order chi connectivity index (χ0) is 15.1. The molecule has 0 fully saturated rings. The van der Waals surface area contributed by atoms with E-state index in [1.165, 1.54) is 10.4 Å². The molecule has 2 aromatic rings. The Morgan fingerprint density at radius 3 is 2.71 bits per heavy atom. The maximum absolute atomic E-state index is 9.21. The summed E-state index contributed by atoms with van der Waals surface area (Å²) in [6.07, 6.45) is 4.07. The Labute approximate surface area is 131 Å². The van der Waals surface area contributed by atoms with Crippen LogP contribution in [0.5, 0.6) is 0 Å². The molecule has 0 unspecified atom stereocenters. The molecule has 3 nitrogen and oxygen atoms in total. The summed E-state index contributed by atoms with van der Waals surface area (Å²) in [6.45, 7) is 6.29. The maximum Gasteiger partial charge on any atom is 0.123 e. The average molecular weight is 304 g/mol. The van der Waals surface area contributed by atoms with Crippen molar-refractivity contribution in [2.24, 2.45) is 5.41 Å². The van der Waals surface area contributed by atoms with Crippen LogP contribution in [0.3, 0.4) is 0 Å². The van der Waals surface area contributed by atoms with Crippen molar-refractivity contribution < 1.29 is 5.11 Å². The van der Waals surface area contributed by atoms with Crippen LogP contribution in [-0.4, -0.2) is 23.2 Å². The maximum atomic E-state index is 9.21. The van der Waals surface area contributed by atoms with Crippen molar-refractivity contribution in [3.63, 3.8) is 0 Å². The lowest BCUT2D eigenvalue weighted by molar-refractivity contribution is 0.148. The lowest BCUT2D eigenvalue weighted by Gasteiger charge is -2.21. The van der Waals surface area contributed by atoms with Gasteiger partial charge in [-0.2, -0.15) is 0 Å². The summed E-state index contributed by atoms with van der Waals surface area (Å²) in [5.41, 5.74) is 1.21. The van der Waals surface area contributed by atoms with E-state index < -0.39 is 0 Å². The molecule has 0 aliphatic heterocycles. The molecule has 1 aromatic heterocycles. The minimum atomic E-state index is 0.0344. The van der Waals surface area contributed by atoms with Crippen LogP contribution < -0.4 is 5.32 Å². The van der Waals surface area contributed by atoms with Crippen molar-refractivity contribution in [1.29, 1.82) is 0 Å². The van der Waals surface area contributed by atoms with Gasteiger partial charge in [0.25, 0.3) is 0 Å². The summed E-state index contributed by atoms with van der Waals surface area (Å²) in [5, 5.41) is 13.7. The van der Waals surface area contributed by atoms with Gasteiger partial charge in [-0.1, -0.05) is 44.2 Å². The molecular weight excluding hydrogens is 280 g/mol. The number of thiazole rings is 1. The van der Waals surface area contributed by atoms with E-state index in [0.29, 0.717) is 0 Å². The van der Waals surface area contributed by atoms with E-state index >= 15 is 0 Å². The molecule has 1 heterocycles. The predicted molar refractivity (Wildman–Crippen MR) is 89.4 cm³/mol. The highest BCUT2D eigenvalue weighted by Gasteiger charge is 2.15. The fourth-order valence-corrected chi connectivity index (χ4v) is 2.97. The quantitative estimate of drug-likeness (QED) is 0.731. The average Bonchev–Trinajstić information content (AvgIpc) is 2.97. The Bertz CT molecular complexity index is 537. The normalized spacial score (nSPS) is 11.8. The molecule has 0 saturated carbocycles. The molecule has 1 aromatic carbocycles. The number of aliphatic hydroxyl groups is 1. The highest BCUT2D eigenvalue weighted by molar-refractivity contribution is 7.15. The molecule has 2 N–H and O–H groups in total. The van der Waals surface area contributed by atoms with E-state index in [-0.39, 0.29) is 12.0 Å². The second kappa shape index (κ2) is 7.69. The van der Waals surface area contributed by atoms with Crippen LogP contribution >= 0.6 is 11.3 Å². The van der Waals surface area contributed by atoms with Gasteiger partial charge >= 0.3 is 0 Å². The molecule has 0 atom stereocenters. The third-order valence-corrected chi connectivity index (χ3v) is 4.56. The molecule has 0 saturated heterocycles. The van der Waals surface area contributed by atoms with Crippen LogP contribution in [0, 0.1) is 5.41 Å². The molecule has 0 bridgehead atoms. The first-order chi connectivity index (χ1) is 10.1. The van der Waals surface area contributed by atoms with E-state index in [1.54, 1.807) is 11.3 Å². The van der Waals surface area contributed by atoms with Crippen molar-refractivity contribution in [2.45, 2.75) is 33.2 Å². The predicted octanol–water partition coefficient (Wildman–Crippen LogP) is 3.70. The molecule has 2 rings (SSSR count). The Morgan fingerprint density at radius 1 is 1.24 bits per heavy atom. The lowest BCUT2D eigenvalue weighted by Crippen LogP contribution is -2.20. The van der Waals surface area contributed by atoms with Gasteiger partial charge in [0.15, 0.2) is 0 Å². The highest BCUT2D eigenvalue weighted by Crippen LogP contribution is 2.24. The summed E-state index contributed by atoms with van der Waals surface area (Å²) in [6, 6.07) is 10.3. The SMILES string of the molecule is CC(C)(CO)CCCNCc1cnc(-c2ccccc2)s1. The van der Waals surface area contributed by atoms with Crippen molar-refractivity contribution in [2.75, 3.05) is 13.2 Å². The molecule has 0 amide bonds. The summed E-state index contributed by atoms with van der Waals surface area (Å²) < 4.78 is 0. The number of aliphatic hydroxyl groups excluding tert-OH is 1. The van der Waals surface area contributed by atoms with Crippen LogP contribution in [0.25, 0.3) is 10.6 Å². The van der Waals surface area contributed by atoms with Gasteiger partial charge in [-0.25, -0.2) is 4.98 Å². The minimum absolute atomic E-state index is 0.0344. The van der Waals surface area contributed by atoms with E-state index in [4.69, 9.17) is 0 Å². The van der Waals surface area contributed by atoms with Crippen LogP contribution in [-0.2, 0) is 6.54 Å². The first kappa shape index (κ1) is 16.1. The van der Waals surface area contributed by atoms with Gasteiger partial charge in [-0.15, -0.1) is 11.3 Å². The standard InChI is InChI=1S/C17H24N2OS/c1-17(2,13-20)9-6-10-18-11-15-12-19-16(21-15)14-7-4-3-5-8-14/h3-5,7-8,12,18,20H,6,9-11,13H2,1-2H3. The fourth-order valence-electron chi connectivity index (χ4n) is 2.09. The zero-order valence-corrected chi connectivity index (χ0v) is 13.6. The number of benzene rings is 1. The number of nitrogens with one attached hydrogen (secondary N) is 1. The van der Waals surface area contributed by atoms with E-state index in [9.17, 15) is 5.11 Å². The molecular formula is C17H24N2OS. The van der Waals surface area contributed by atoms with Crippen molar-refractivity contribution in [3.8, 4) is 10.6 Å². The van der Waals surface area contributed by atoms with E-state index in [1.807, 2.05) is 24.4 Å². The number of hydrogen-bond acceptors (Lipinski definition) is 4. The van der Waals surface area contributed by atoms with E-state index in [0.717, 1.165) is 30.9 Å². The highest BCUT2D eigenvalue weighted by atomic mass is 32.1. The van der Waals surface area contributed by atoms with Crippen molar-refractivity contribution >= 4 is 11.3 Å². The van der Waals surface area contributed by atoms with Crippen LogP contribution in [0.15, 0.2) is 36.5 Å². The van der Waals surface area contributed by atoms with Gasteiger partial charge < -0.3 is 10.4 Å². The Kier molecular flexibility index (Phi) is 5.91. The second-order valence-corrected chi connectivity index (χ2v) is 7.22. The third kappa shape index (κ3) is 5.23. The number of nitrogens with zero attached hydrogens (tertiary/aromatic N) is 1. The smallest absolute Gasteiger partial charge is 0.123 e. The molecule has 4 heteroatoms. The molecule has 114 valence electrons. The summed E-state index contributed by atoms with van der Waals surface area (Å²) >= 11 is 1.74. The van der Waals surface area contributed by atoms with Gasteiger partial charge in [-0.3, -0.25) is 0 Å². The second-order valence-electron chi connectivity index (χ2n) is 6.10. The first-order valence-electron chi connectivity index (χ1n) is 7.42. The summed E-state index contributed by atoms with van der Waals surface area (Å²) in [7, 11) is 0. The van der Waals surface area contributed by atoms with Gasteiger partial charge in [0.1, 0.15) is 5.01 Å². The Hall–Kier alpha value is -1.23. The first-order valence-corrected chi connectivity index (χ1v) is 8.24. The molecule has 0 spiro atoms. The number of aromatic nitrogens is 1. The monoisotopic (exact) mass is 304 g/mol. The fraction of sp³-hybridized carbons (Fsp3) is 0.471. The third-order valence-electron chi connectivity index (χ3n) is 3.51. The van der Waals surface area contributed by atoms with Gasteiger partial charge in [0.2, 0.25) is 0 Å². The largest absolute Gasteiger partial charge is 0.396 e. The van der Waals surface area contributed by atoms with E-state index in [2.05, 4.69) is 36.3 Å². The zero-order valence-electron chi connectivity index (χ0n) is 12.8. The molecule has 0 aliphatic rings. The lowest BCUT2D eigenvalue weighted by atomic mass is 9.89. The van der Waals surface area contributed by atoms with Crippen molar-refractivity contribution in [1.82, 2.24) is 10.3 Å². The molecule has 21 heavy (non-hydrogen) atoms. The minimum Gasteiger partial charge on any atom is -0.396 e. The Morgan fingerprint density at radius 2 is 2.00 bits per heavy atom. The molecule has 0 aliphatic carbocycles. The summed E-state index contributed by atoms with van der Waals surface area (Å²) in [5.74, 6) is 0. The van der Waals surface area contributed by atoms with Gasteiger partial charge in [0.05, 0.1) is 0 Å². The molecule has 0 radical (unpaired) electrons. The Balaban J connectivity index is 1.74. The van der Waals surface area contributed by atoms with Gasteiger partial charge in [0, 0.05) is 29.8 Å². The van der Waals surface area contributed by atoms with Crippen LogP contribution in [0.1, 0.15) is 31.6 Å². The topological polar surface area (TPSA) is 45.1 Å². The number of rotatable bonds is 8. The van der Waals surface area contributed by atoms with Crippen molar-refractivity contribution in [3.05, 3.63) is 41.4 Å². The van der Waals surface area contributed by atoms with Crippen LogP contribution in [0.4, 0.5) is 0 Å².